The number of carbonyl (C=O) groups is 1. The Morgan fingerprint density at radius 3 is 2.12 bits per heavy atom. The fraction of sp³-hybridized carbons (Fsp3) is 0.909. The van der Waals surface area contributed by atoms with E-state index in [0.29, 0.717) is 12.8 Å². The summed E-state index contributed by atoms with van der Waals surface area (Å²) in [7, 11) is 0. The van der Waals surface area contributed by atoms with Crippen LogP contribution in [0.25, 0.3) is 0 Å². The summed E-state index contributed by atoms with van der Waals surface area (Å²) in [5.41, 5.74) is -0.837. The molecule has 0 radical (unpaired) electrons. The molecule has 6 heteroatoms. The van der Waals surface area contributed by atoms with Crippen molar-refractivity contribution in [3.63, 3.8) is 0 Å². The predicted octanol–water partition coefficient (Wildman–Crippen LogP) is -2.83. The average Bonchev–Trinajstić information content (AvgIpc) is 2.10. The standard InChI is InChI=1S/C11H21NO4.Na/c1-10(2)5-8(16-7-9(13)14)6-11(3,4)12(10)15;/h8,15H,5-7H2,1-4H3,(H,13,14);/q;+1/p-1. The van der Waals surface area contributed by atoms with Gasteiger partial charge in [-0.05, 0) is 40.5 Å². The van der Waals surface area contributed by atoms with Gasteiger partial charge in [0.15, 0.2) is 0 Å². The van der Waals surface area contributed by atoms with Crippen LogP contribution < -0.4 is 34.7 Å². The summed E-state index contributed by atoms with van der Waals surface area (Å²) in [6.07, 6.45) is 1.03. The zero-order valence-corrected chi connectivity index (χ0v) is 13.3. The zero-order chi connectivity index (χ0) is 12.6. The topological polar surface area (TPSA) is 72.8 Å². The number of rotatable bonds is 3. The molecule has 5 nitrogen and oxygen atoms in total. The van der Waals surface area contributed by atoms with E-state index in [1.54, 1.807) is 0 Å². The van der Waals surface area contributed by atoms with Gasteiger partial charge in [0.25, 0.3) is 0 Å². The van der Waals surface area contributed by atoms with Gasteiger partial charge >= 0.3 is 29.6 Å². The molecular weight excluding hydrogens is 233 g/mol. The molecule has 0 atom stereocenters. The maximum Gasteiger partial charge on any atom is 1.00 e. The van der Waals surface area contributed by atoms with Crippen LogP contribution in [0, 0.1) is 0 Å². The smallest absolute Gasteiger partial charge is 0.548 e. The Kier molecular flexibility index (Phi) is 6.12. The van der Waals surface area contributed by atoms with Crippen molar-refractivity contribution in [1.82, 2.24) is 5.06 Å². The molecule has 0 aromatic rings. The number of hydroxylamine groups is 2. The first kappa shape index (κ1) is 17.4. The van der Waals surface area contributed by atoms with Crippen LogP contribution in [0.5, 0.6) is 0 Å². The minimum absolute atomic E-state index is 0. The van der Waals surface area contributed by atoms with E-state index in [0.717, 1.165) is 0 Å². The first-order valence-electron chi connectivity index (χ1n) is 5.46. The van der Waals surface area contributed by atoms with Gasteiger partial charge in [-0.3, -0.25) is 0 Å². The third kappa shape index (κ3) is 4.50. The van der Waals surface area contributed by atoms with Crippen LogP contribution in [0.2, 0.25) is 0 Å². The molecule has 17 heavy (non-hydrogen) atoms. The van der Waals surface area contributed by atoms with E-state index in [4.69, 9.17) is 4.74 Å². The third-order valence-electron chi connectivity index (χ3n) is 3.04. The van der Waals surface area contributed by atoms with Gasteiger partial charge in [0.1, 0.15) is 0 Å². The second-order valence-electron chi connectivity index (χ2n) is 5.65. The maximum atomic E-state index is 10.3. The average molecular weight is 253 g/mol. The largest absolute Gasteiger partial charge is 1.00 e. The van der Waals surface area contributed by atoms with Crippen LogP contribution >= 0.6 is 0 Å². The number of hydrogen-bond acceptors (Lipinski definition) is 5. The van der Waals surface area contributed by atoms with Crippen molar-refractivity contribution in [3.05, 3.63) is 0 Å². The fourth-order valence-corrected chi connectivity index (χ4v) is 2.48. The van der Waals surface area contributed by atoms with Gasteiger partial charge in [0.2, 0.25) is 0 Å². The van der Waals surface area contributed by atoms with Crippen molar-refractivity contribution in [1.29, 1.82) is 0 Å². The van der Waals surface area contributed by atoms with Crippen LogP contribution in [0.15, 0.2) is 0 Å². The van der Waals surface area contributed by atoms with Gasteiger partial charge in [-0.2, -0.15) is 5.06 Å². The summed E-state index contributed by atoms with van der Waals surface area (Å²) >= 11 is 0. The molecule has 0 spiro atoms. The molecule has 0 aromatic carbocycles. The maximum absolute atomic E-state index is 10.3. The molecule has 1 aliphatic heterocycles. The summed E-state index contributed by atoms with van der Waals surface area (Å²) in [5, 5.41) is 21.7. The van der Waals surface area contributed by atoms with Crippen molar-refractivity contribution >= 4 is 5.97 Å². The summed E-state index contributed by atoms with van der Waals surface area (Å²) in [5.74, 6) is -1.21. The number of nitrogens with zero attached hydrogens (tertiary/aromatic N) is 1. The number of carboxylic acid groups (broad SMARTS) is 1. The van der Waals surface area contributed by atoms with Crippen LogP contribution in [0.4, 0.5) is 0 Å². The zero-order valence-electron chi connectivity index (χ0n) is 11.3. The van der Waals surface area contributed by atoms with Crippen molar-refractivity contribution in [2.24, 2.45) is 0 Å². The Hall–Kier alpha value is 0.350. The quantitative estimate of drug-likeness (QED) is 0.549. The van der Waals surface area contributed by atoms with E-state index >= 15 is 0 Å². The normalized spacial score (nSPS) is 24.1. The van der Waals surface area contributed by atoms with Gasteiger partial charge in [0, 0.05) is 11.1 Å². The molecule has 1 saturated heterocycles. The summed E-state index contributed by atoms with van der Waals surface area (Å²) in [6.45, 7) is 7.24. The molecule has 1 aliphatic rings. The van der Waals surface area contributed by atoms with Crippen molar-refractivity contribution < 1.29 is 49.4 Å². The molecule has 0 amide bonds. The second kappa shape index (κ2) is 5.99. The van der Waals surface area contributed by atoms with E-state index in [1.807, 2.05) is 27.7 Å². The summed E-state index contributed by atoms with van der Waals surface area (Å²) in [6, 6.07) is 0. The monoisotopic (exact) mass is 253 g/mol. The molecule has 0 saturated carbocycles. The van der Waals surface area contributed by atoms with Crippen molar-refractivity contribution in [2.75, 3.05) is 6.61 Å². The molecule has 0 aromatic heterocycles. The number of carboxylic acids is 1. The van der Waals surface area contributed by atoms with Crippen molar-refractivity contribution in [3.8, 4) is 0 Å². The summed E-state index contributed by atoms with van der Waals surface area (Å²) < 4.78 is 5.26. The van der Waals surface area contributed by atoms with Crippen LogP contribution in [0.3, 0.4) is 0 Å². The Morgan fingerprint density at radius 1 is 1.35 bits per heavy atom. The molecule has 94 valence electrons. The van der Waals surface area contributed by atoms with Crippen LogP contribution in [-0.4, -0.2) is 40.0 Å². The van der Waals surface area contributed by atoms with E-state index in [9.17, 15) is 15.1 Å². The minimum Gasteiger partial charge on any atom is -0.548 e. The number of aliphatic carboxylic acids is 1. The number of piperidine rings is 1. The Labute approximate surface area is 124 Å². The van der Waals surface area contributed by atoms with Gasteiger partial charge < -0.3 is 19.8 Å². The number of hydrogen-bond donors (Lipinski definition) is 1. The van der Waals surface area contributed by atoms with Crippen LogP contribution in [0.1, 0.15) is 40.5 Å². The molecule has 1 fully saturated rings. The van der Waals surface area contributed by atoms with E-state index in [-0.39, 0.29) is 42.3 Å². The predicted molar refractivity (Wildman–Crippen MR) is 55.8 cm³/mol. The van der Waals surface area contributed by atoms with Gasteiger partial charge in [-0.15, -0.1) is 0 Å². The van der Waals surface area contributed by atoms with Crippen LogP contribution in [-0.2, 0) is 9.53 Å². The van der Waals surface area contributed by atoms with Gasteiger partial charge in [0.05, 0.1) is 18.7 Å². The second-order valence-corrected chi connectivity index (χ2v) is 5.65. The molecule has 1 heterocycles. The van der Waals surface area contributed by atoms with E-state index in [2.05, 4.69) is 0 Å². The molecular formula is C11H20NNaO4. The van der Waals surface area contributed by atoms with E-state index < -0.39 is 17.0 Å². The third-order valence-corrected chi connectivity index (χ3v) is 3.04. The van der Waals surface area contributed by atoms with Gasteiger partial charge in [-0.1, -0.05) is 0 Å². The molecule has 0 bridgehead atoms. The summed E-state index contributed by atoms with van der Waals surface area (Å²) in [4.78, 5) is 10.3. The van der Waals surface area contributed by atoms with Gasteiger partial charge in [-0.25, -0.2) is 0 Å². The van der Waals surface area contributed by atoms with E-state index in [1.165, 1.54) is 5.06 Å². The molecule has 1 rings (SSSR count). The minimum atomic E-state index is -1.21. The first-order chi connectivity index (χ1) is 7.15. The number of carbonyl (C=O) groups excluding carboxylic acids is 1. The Balaban J connectivity index is 0.00000256. The number of ether oxygens (including phenoxy) is 1. The Morgan fingerprint density at radius 2 is 1.76 bits per heavy atom. The first-order valence-corrected chi connectivity index (χ1v) is 5.46. The molecule has 0 aliphatic carbocycles. The molecule has 1 N–H and O–H groups in total. The van der Waals surface area contributed by atoms with Crippen molar-refractivity contribution in [2.45, 2.75) is 57.7 Å². The Bertz CT molecular complexity index is 263. The molecule has 0 unspecified atom stereocenters. The fourth-order valence-electron chi connectivity index (χ4n) is 2.48. The SMILES string of the molecule is CC1(C)CC(OCC(=O)[O-])CC(C)(C)N1O.[Na+].